The summed E-state index contributed by atoms with van der Waals surface area (Å²) in [5.41, 5.74) is 2.85. The molecule has 1 aromatic heterocycles. The third-order valence-corrected chi connectivity index (χ3v) is 5.10. The smallest absolute Gasteiger partial charge is 0.335 e. The van der Waals surface area contributed by atoms with E-state index in [9.17, 15) is 9.90 Å². The number of carboxylic acid groups (broad SMARTS) is 1. The van der Waals surface area contributed by atoms with Crippen molar-refractivity contribution in [2.24, 2.45) is 5.92 Å². The first-order valence-corrected chi connectivity index (χ1v) is 9.94. The van der Waals surface area contributed by atoms with Gasteiger partial charge in [0.2, 0.25) is 0 Å². The second-order valence-electron chi connectivity index (χ2n) is 7.39. The molecule has 1 N–H and O–H groups in total. The van der Waals surface area contributed by atoms with E-state index in [1.165, 1.54) is 12.8 Å². The summed E-state index contributed by atoms with van der Waals surface area (Å²) in [6.07, 6.45) is 5.93. The highest BCUT2D eigenvalue weighted by molar-refractivity contribution is 5.89. The molecule has 0 radical (unpaired) electrons. The maximum Gasteiger partial charge on any atom is 0.335 e. The lowest BCUT2D eigenvalue weighted by Gasteiger charge is -2.28. The molecular formula is C24H24N2O4. The van der Waals surface area contributed by atoms with E-state index in [0.717, 1.165) is 16.9 Å². The minimum absolute atomic E-state index is 0.234. The van der Waals surface area contributed by atoms with Gasteiger partial charge in [0.25, 0.3) is 0 Å². The lowest BCUT2D eigenvalue weighted by atomic mass is 10.1. The lowest BCUT2D eigenvalue weighted by Crippen LogP contribution is -2.18. The molecule has 154 valence electrons. The van der Waals surface area contributed by atoms with E-state index in [1.807, 2.05) is 47.5 Å². The van der Waals surface area contributed by atoms with Crippen LogP contribution in [0.25, 0.3) is 0 Å². The number of aromatic carboxylic acids is 1. The van der Waals surface area contributed by atoms with Crippen molar-refractivity contribution in [3.05, 3.63) is 78.1 Å². The summed E-state index contributed by atoms with van der Waals surface area (Å²) in [5, 5.41) is 9.46. The Morgan fingerprint density at radius 3 is 2.73 bits per heavy atom. The molecule has 0 unspecified atom stereocenters. The van der Waals surface area contributed by atoms with Gasteiger partial charge in [-0.2, -0.15) is 0 Å². The number of pyridine rings is 1. The van der Waals surface area contributed by atoms with E-state index in [-0.39, 0.29) is 5.56 Å². The molecule has 0 spiro atoms. The normalized spacial score (nSPS) is 13.0. The van der Waals surface area contributed by atoms with Crippen molar-refractivity contribution in [1.82, 2.24) is 4.98 Å². The number of benzene rings is 2. The number of anilines is 2. The fourth-order valence-electron chi connectivity index (χ4n) is 3.25. The van der Waals surface area contributed by atoms with Crippen LogP contribution in [0.3, 0.4) is 0 Å². The number of rotatable bonds is 9. The van der Waals surface area contributed by atoms with Gasteiger partial charge in [-0.15, -0.1) is 0 Å². The second-order valence-corrected chi connectivity index (χ2v) is 7.39. The monoisotopic (exact) mass is 404 g/mol. The molecular weight excluding hydrogens is 380 g/mol. The van der Waals surface area contributed by atoms with Gasteiger partial charge < -0.3 is 19.5 Å². The van der Waals surface area contributed by atoms with Crippen molar-refractivity contribution >= 4 is 17.3 Å². The van der Waals surface area contributed by atoms with Crippen LogP contribution in [0.15, 0.2) is 67.0 Å². The van der Waals surface area contributed by atoms with Gasteiger partial charge in [0.1, 0.15) is 11.5 Å². The molecule has 1 heterocycles. The Kier molecular flexibility index (Phi) is 5.84. The first-order chi connectivity index (χ1) is 14.6. The number of carboxylic acids is 1. The summed E-state index contributed by atoms with van der Waals surface area (Å²) in [5.74, 6) is 1.07. The van der Waals surface area contributed by atoms with Gasteiger partial charge in [-0.05, 0) is 60.7 Å². The van der Waals surface area contributed by atoms with Crippen LogP contribution in [0.4, 0.5) is 11.4 Å². The van der Waals surface area contributed by atoms with E-state index in [4.69, 9.17) is 9.47 Å². The van der Waals surface area contributed by atoms with Crippen LogP contribution in [-0.4, -0.2) is 29.8 Å². The molecule has 3 aromatic rings. The predicted molar refractivity (Wildman–Crippen MR) is 115 cm³/mol. The molecule has 0 atom stereocenters. The summed E-state index contributed by atoms with van der Waals surface area (Å²) >= 11 is 0. The van der Waals surface area contributed by atoms with E-state index in [0.29, 0.717) is 30.6 Å². The van der Waals surface area contributed by atoms with E-state index < -0.39 is 5.97 Å². The summed E-state index contributed by atoms with van der Waals surface area (Å²) in [6, 6.07) is 16.5. The zero-order chi connectivity index (χ0) is 20.9. The topological polar surface area (TPSA) is 71.9 Å². The molecule has 1 saturated carbocycles. The van der Waals surface area contributed by atoms with Crippen LogP contribution in [0.5, 0.6) is 11.5 Å². The quantitative estimate of drug-likeness (QED) is 0.546. The summed E-state index contributed by atoms with van der Waals surface area (Å²) in [6.45, 7) is 1.18. The number of nitrogens with zero attached hydrogens (tertiary/aromatic N) is 2. The summed E-state index contributed by atoms with van der Waals surface area (Å²) in [4.78, 5) is 17.8. The zero-order valence-electron chi connectivity index (χ0n) is 16.8. The molecule has 0 saturated heterocycles. The molecule has 0 amide bonds. The number of carbonyl (C=O) groups is 1. The molecule has 4 rings (SSSR count). The Labute approximate surface area is 175 Å². The molecule has 6 heteroatoms. The lowest BCUT2D eigenvalue weighted by molar-refractivity contribution is 0.0697. The summed E-state index contributed by atoms with van der Waals surface area (Å²) < 4.78 is 11.6. The Bertz CT molecular complexity index is 1020. The minimum Gasteiger partial charge on any atom is -0.497 e. The molecule has 0 aliphatic heterocycles. The van der Waals surface area contributed by atoms with Crippen LogP contribution in [0.1, 0.15) is 28.8 Å². The van der Waals surface area contributed by atoms with Crippen LogP contribution < -0.4 is 14.4 Å². The molecule has 30 heavy (non-hydrogen) atoms. The van der Waals surface area contributed by atoms with Gasteiger partial charge in [0.05, 0.1) is 25.0 Å². The highest BCUT2D eigenvalue weighted by Crippen LogP contribution is 2.39. The molecule has 6 nitrogen and oxygen atoms in total. The van der Waals surface area contributed by atoms with Crippen LogP contribution in [0.2, 0.25) is 0 Å². The Hall–Kier alpha value is -3.54. The number of aromatic nitrogens is 1. The largest absolute Gasteiger partial charge is 0.497 e. The van der Waals surface area contributed by atoms with E-state index in [1.54, 1.807) is 31.5 Å². The van der Waals surface area contributed by atoms with Crippen LogP contribution >= 0.6 is 0 Å². The predicted octanol–water partition coefficient (Wildman–Crippen LogP) is 4.92. The number of hydrogen-bond donors (Lipinski definition) is 1. The average Bonchev–Trinajstić information content (AvgIpc) is 3.61. The van der Waals surface area contributed by atoms with Crippen molar-refractivity contribution in [2.45, 2.75) is 19.4 Å². The van der Waals surface area contributed by atoms with Crippen LogP contribution in [0, 0.1) is 5.92 Å². The standard InChI is InChI=1S/C24H24N2O4/c1-29-21-9-10-22(23(13-21)30-16-17-7-8-17)26(15-18-4-3-11-25-14-18)20-6-2-5-19(12-20)24(27)28/h2-6,9-14,17H,7-8,15-16H2,1H3,(H,27,28). The molecule has 1 aliphatic rings. The third kappa shape index (κ3) is 4.71. The maximum absolute atomic E-state index is 11.5. The second kappa shape index (κ2) is 8.86. The molecule has 2 aromatic carbocycles. The molecule has 1 fully saturated rings. The zero-order valence-corrected chi connectivity index (χ0v) is 16.8. The van der Waals surface area contributed by atoms with Crippen molar-refractivity contribution < 1.29 is 19.4 Å². The summed E-state index contributed by atoms with van der Waals surface area (Å²) in [7, 11) is 1.63. The Morgan fingerprint density at radius 2 is 2.03 bits per heavy atom. The average molecular weight is 404 g/mol. The van der Waals surface area contributed by atoms with Crippen molar-refractivity contribution in [3.8, 4) is 11.5 Å². The molecule has 1 aliphatic carbocycles. The van der Waals surface area contributed by atoms with Gasteiger partial charge in [-0.25, -0.2) is 4.79 Å². The van der Waals surface area contributed by atoms with Crippen molar-refractivity contribution in [2.75, 3.05) is 18.6 Å². The minimum atomic E-state index is -0.960. The highest BCUT2D eigenvalue weighted by atomic mass is 16.5. The SMILES string of the molecule is COc1ccc(N(Cc2cccnc2)c2cccc(C(=O)O)c2)c(OCC2CC2)c1. The van der Waals surface area contributed by atoms with Gasteiger partial charge in [-0.1, -0.05) is 12.1 Å². The van der Waals surface area contributed by atoms with E-state index in [2.05, 4.69) is 4.98 Å². The number of hydrogen-bond acceptors (Lipinski definition) is 5. The van der Waals surface area contributed by atoms with Crippen molar-refractivity contribution in [1.29, 1.82) is 0 Å². The van der Waals surface area contributed by atoms with Gasteiger partial charge in [-0.3, -0.25) is 4.98 Å². The Balaban J connectivity index is 1.76. The Morgan fingerprint density at radius 1 is 1.17 bits per heavy atom. The number of ether oxygens (including phenoxy) is 2. The highest BCUT2D eigenvalue weighted by Gasteiger charge is 2.24. The fourth-order valence-corrected chi connectivity index (χ4v) is 3.25. The fraction of sp³-hybridized carbons (Fsp3) is 0.250. The first kappa shape index (κ1) is 19.8. The van der Waals surface area contributed by atoms with Gasteiger partial charge >= 0.3 is 5.97 Å². The third-order valence-electron chi connectivity index (χ3n) is 5.10. The molecule has 0 bridgehead atoms. The van der Waals surface area contributed by atoms with E-state index >= 15 is 0 Å². The van der Waals surface area contributed by atoms with Gasteiger partial charge in [0, 0.05) is 30.7 Å². The van der Waals surface area contributed by atoms with Crippen LogP contribution in [-0.2, 0) is 6.54 Å². The van der Waals surface area contributed by atoms with Crippen molar-refractivity contribution in [3.63, 3.8) is 0 Å². The maximum atomic E-state index is 11.5. The first-order valence-electron chi connectivity index (χ1n) is 9.94. The van der Waals surface area contributed by atoms with Gasteiger partial charge in [0.15, 0.2) is 0 Å². The number of methoxy groups -OCH3 is 1.